The van der Waals surface area contributed by atoms with Crippen LogP contribution in [0.5, 0.6) is 0 Å². The molecule has 0 aromatic carbocycles. The molecule has 0 bridgehead atoms. The van der Waals surface area contributed by atoms with E-state index in [4.69, 9.17) is 12.2 Å². The molecule has 0 aromatic heterocycles. The van der Waals surface area contributed by atoms with Gasteiger partial charge in [-0.2, -0.15) is 0 Å². The van der Waals surface area contributed by atoms with Gasteiger partial charge >= 0.3 is 0 Å². The standard InChI is InChI=1S/C11H18N2O/c1-3-5-11(14)13-9(2)6-4-7-10(13)8-12/h1,9-10H,4-8,12H2,2H3. The van der Waals surface area contributed by atoms with Crippen molar-refractivity contribution in [1.29, 1.82) is 0 Å². The normalized spacial score (nSPS) is 27.1. The number of terminal acetylenes is 1. The Hall–Kier alpha value is -1.01. The van der Waals surface area contributed by atoms with Crippen molar-refractivity contribution in [3.05, 3.63) is 0 Å². The molecule has 2 atom stereocenters. The smallest absolute Gasteiger partial charge is 0.235 e. The highest BCUT2D eigenvalue weighted by atomic mass is 16.2. The summed E-state index contributed by atoms with van der Waals surface area (Å²) in [6.45, 7) is 2.61. The summed E-state index contributed by atoms with van der Waals surface area (Å²) in [5.74, 6) is 2.45. The van der Waals surface area contributed by atoms with E-state index in [0.717, 1.165) is 19.3 Å². The number of nitrogens with two attached hydrogens (primary N) is 1. The van der Waals surface area contributed by atoms with Crippen LogP contribution in [-0.2, 0) is 4.79 Å². The molecule has 1 saturated heterocycles. The molecule has 2 N–H and O–H groups in total. The van der Waals surface area contributed by atoms with Crippen LogP contribution in [0, 0.1) is 12.3 Å². The van der Waals surface area contributed by atoms with E-state index >= 15 is 0 Å². The molecule has 1 heterocycles. The Bertz CT molecular complexity index is 244. The maximum Gasteiger partial charge on any atom is 0.235 e. The van der Waals surface area contributed by atoms with Gasteiger partial charge in [-0.05, 0) is 26.2 Å². The first-order valence-corrected chi connectivity index (χ1v) is 5.15. The fourth-order valence-electron chi connectivity index (χ4n) is 2.15. The molecule has 1 rings (SSSR count). The molecule has 0 saturated carbocycles. The fraction of sp³-hybridized carbons (Fsp3) is 0.727. The van der Waals surface area contributed by atoms with Crippen LogP contribution in [0.1, 0.15) is 32.6 Å². The minimum absolute atomic E-state index is 0.0511. The van der Waals surface area contributed by atoms with Crippen molar-refractivity contribution in [2.75, 3.05) is 6.54 Å². The minimum atomic E-state index is 0.0511. The van der Waals surface area contributed by atoms with Gasteiger partial charge in [-0.25, -0.2) is 0 Å². The van der Waals surface area contributed by atoms with Crippen molar-refractivity contribution in [3.8, 4) is 12.3 Å². The van der Waals surface area contributed by atoms with Gasteiger partial charge in [0.1, 0.15) is 0 Å². The van der Waals surface area contributed by atoms with Crippen molar-refractivity contribution in [2.45, 2.75) is 44.7 Å². The number of hydrogen-bond donors (Lipinski definition) is 1. The van der Waals surface area contributed by atoms with Crippen LogP contribution in [0.2, 0.25) is 0 Å². The van der Waals surface area contributed by atoms with Gasteiger partial charge in [0, 0.05) is 18.6 Å². The second-order valence-corrected chi connectivity index (χ2v) is 3.85. The van der Waals surface area contributed by atoms with E-state index in [0.29, 0.717) is 6.54 Å². The Morgan fingerprint density at radius 1 is 1.64 bits per heavy atom. The second kappa shape index (κ2) is 5.02. The average Bonchev–Trinajstić information content (AvgIpc) is 2.17. The van der Waals surface area contributed by atoms with Crippen molar-refractivity contribution < 1.29 is 4.79 Å². The van der Waals surface area contributed by atoms with E-state index < -0.39 is 0 Å². The lowest BCUT2D eigenvalue weighted by atomic mass is 9.96. The number of hydrogen-bond acceptors (Lipinski definition) is 2. The second-order valence-electron chi connectivity index (χ2n) is 3.85. The first-order valence-electron chi connectivity index (χ1n) is 5.15. The van der Waals surface area contributed by atoms with Crippen LogP contribution in [0.3, 0.4) is 0 Å². The first-order chi connectivity index (χ1) is 6.70. The number of nitrogens with zero attached hydrogens (tertiary/aromatic N) is 1. The van der Waals surface area contributed by atoms with Crippen molar-refractivity contribution in [1.82, 2.24) is 4.90 Å². The van der Waals surface area contributed by atoms with Crippen LogP contribution < -0.4 is 5.73 Å². The number of piperidine rings is 1. The Kier molecular flexibility index (Phi) is 3.97. The average molecular weight is 194 g/mol. The van der Waals surface area contributed by atoms with Gasteiger partial charge < -0.3 is 10.6 Å². The molecule has 0 spiro atoms. The molecular formula is C11H18N2O. The molecule has 14 heavy (non-hydrogen) atoms. The number of carbonyl (C=O) groups is 1. The zero-order chi connectivity index (χ0) is 10.6. The Morgan fingerprint density at radius 3 is 2.93 bits per heavy atom. The van der Waals surface area contributed by atoms with Crippen LogP contribution in [0.4, 0.5) is 0 Å². The quantitative estimate of drug-likeness (QED) is 0.659. The minimum Gasteiger partial charge on any atom is -0.335 e. The highest BCUT2D eigenvalue weighted by Crippen LogP contribution is 2.22. The molecular weight excluding hydrogens is 176 g/mol. The summed E-state index contributed by atoms with van der Waals surface area (Å²) in [7, 11) is 0. The number of likely N-dealkylation sites (tertiary alicyclic amines) is 1. The molecule has 0 radical (unpaired) electrons. The summed E-state index contributed by atoms with van der Waals surface area (Å²) in [5.41, 5.74) is 5.64. The lowest BCUT2D eigenvalue weighted by molar-refractivity contribution is -0.136. The monoisotopic (exact) mass is 194 g/mol. The van der Waals surface area contributed by atoms with Crippen LogP contribution >= 0.6 is 0 Å². The van der Waals surface area contributed by atoms with Gasteiger partial charge in [-0.15, -0.1) is 6.42 Å². The third kappa shape index (κ3) is 2.27. The molecule has 0 aliphatic carbocycles. The molecule has 1 aliphatic rings. The molecule has 3 heteroatoms. The van der Waals surface area contributed by atoms with Gasteiger partial charge in [-0.1, -0.05) is 5.92 Å². The molecule has 2 unspecified atom stereocenters. The Morgan fingerprint density at radius 2 is 2.36 bits per heavy atom. The van der Waals surface area contributed by atoms with E-state index in [9.17, 15) is 4.79 Å². The zero-order valence-electron chi connectivity index (χ0n) is 8.70. The lowest BCUT2D eigenvalue weighted by Crippen LogP contribution is -2.51. The summed E-state index contributed by atoms with van der Waals surface area (Å²) in [4.78, 5) is 13.6. The summed E-state index contributed by atoms with van der Waals surface area (Å²) in [5, 5.41) is 0. The van der Waals surface area contributed by atoms with Gasteiger partial charge in [0.15, 0.2) is 0 Å². The molecule has 1 amide bonds. The third-order valence-electron chi connectivity index (χ3n) is 2.84. The predicted molar refractivity (Wildman–Crippen MR) is 56.5 cm³/mol. The topological polar surface area (TPSA) is 46.3 Å². The third-order valence-corrected chi connectivity index (χ3v) is 2.84. The van der Waals surface area contributed by atoms with Gasteiger partial charge in [0.2, 0.25) is 5.91 Å². The maximum atomic E-state index is 11.7. The molecule has 0 aromatic rings. The maximum absolute atomic E-state index is 11.7. The van der Waals surface area contributed by atoms with E-state index in [1.807, 2.05) is 4.90 Å². The first kappa shape index (κ1) is 11.1. The summed E-state index contributed by atoms with van der Waals surface area (Å²) in [6, 6.07) is 0.484. The highest BCUT2D eigenvalue weighted by Gasteiger charge is 2.29. The van der Waals surface area contributed by atoms with E-state index in [1.54, 1.807) is 0 Å². The summed E-state index contributed by atoms with van der Waals surface area (Å²) < 4.78 is 0. The molecule has 3 nitrogen and oxygen atoms in total. The fourth-order valence-corrected chi connectivity index (χ4v) is 2.15. The van der Waals surface area contributed by atoms with Gasteiger partial charge in [-0.3, -0.25) is 4.79 Å². The summed E-state index contributed by atoms with van der Waals surface area (Å²) >= 11 is 0. The van der Waals surface area contributed by atoms with Crippen molar-refractivity contribution >= 4 is 5.91 Å². The largest absolute Gasteiger partial charge is 0.335 e. The molecule has 1 aliphatic heterocycles. The van der Waals surface area contributed by atoms with Gasteiger partial charge in [0.25, 0.3) is 0 Å². The molecule has 1 fully saturated rings. The van der Waals surface area contributed by atoms with Crippen LogP contribution in [-0.4, -0.2) is 29.4 Å². The predicted octanol–water partition coefficient (Wildman–Crippen LogP) is 0.738. The SMILES string of the molecule is C#CCC(=O)N1C(C)CCCC1CN. The Labute approximate surface area is 85.6 Å². The van der Waals surface area contributed by atoms with Crippen molar-refractivity contribution in [2.24, 2.45) is 5.73 Å². The zero-order valence-corrected chi connectivity index (χ0v) is 8.70. The van der Waals surface area contributed by atoms with Crippen LogP contribution in [0.15, 0.2) is 0 Å². The van der Waals surface area contributed by atoms with Crippen LogP contribution in [0.25, 0.3) is 0 Å². The summed E-state index contributed by atoms with van der Waals surface area (Å²) in [6.07, 6.45) is 8.56. The van der Waals surface area contributed by atoms with E-state index in [1.165, 1.54) is 0 Å². The van der Waals surface area contributed by atoms with E-state index in [2.05, 4.69) is 12.8 Å². The Balaban J connectivity index is 2.69. The highest BCUT2D eigenvalue weighted by molar-refractivity contribution is 5.79. The number of rotatable bonds is 2. The lowest BCUT2D eigenvalue weighted by Gasteiger charge is -2.40. The number of amides is 1. The van der Waals surface area contributed by atoms with Gasteiger partial charge in [0.05, 0.1) is 6.42 Å². The van der Waals surface area contributed by atoms with Crippen molar-refractivity contribution in [3.63, 3.8) is 0 Å². The number of carbonyl (C=O) groups excluding carboxylic acids is 1. The van der Waals surface area contributed by atoms with E-state index in [-0.39, 0.29) is 24.4 Å². The molecule has 78 valence electrons.